The second kappa shape index (κ2) is 8.37. The largest absolute Gasteiger partial charge is 0.367 e. The van der Waals surface area contributed by atoms with Gasteiger partial charge in [0.2, 0.25) is 0 Å². The van der Waals surface area contributed by atoms with Gasteiger partial charge in [-0.25, -0.2) is 14.3 Å². The first-order chi connectivity index (χ1) is 16.6. The standard InChI is InChI=1S/C24H25N7O2S/c1-29-21-16(15-5-6-15)3-2-4-19(21)31(24(29)33)20-14-34-23(28-20)22(32)27-17-13-26-8-7-18(17)30-11-9-25-10-12-30/h2-4,7-8,13-15,25H,5-6,9-12H2,1H3,(H,27,32). The summed E-state index contributed by atoms with van der Waals surface area (Å²) in [7, 11) is 1.80. The number of pyridine rings is 1. The Labute approximate surface area is 200 Å². The number of aryl methyl sites for hydroxylation is 1. The normalized spacial score (nSPS) is 16.2. The number of imidazole rings is 1. The summed E-state index contributed by atoms with van der Waals surface area (Å²) in [6.45, 7) is 3.52. The number of fused-ring (bicyclic) bond motifs is 1. The minimum absolute atomic E-state index is 0.159. The predicted octanol–water partition coefficient (Wildman–Crippen LogP) is 2.72. The Morgan fingerprint density at radius 3 is 2.82 bits per heavy atom. The van der Waals surface area contributed by atoms with Crippen LogP contribution in [-0.4, -0.2) is 51.2 Å². The average molecular weight is 476 g/mol. The van der Waals surface area contributed by atoms with Crippen LogP contribution in [0.25, 0.3) is 16.9 Å². The topological polar surface area (TPSA) is 97.1 Å². The summed E-state index contributed by atoms with van der Waals surface area (Å²) in [6, 6.07) is 7.96. The first kappa shape index (κ1) is 21.1. The maximum Gasteiger partial charge on any atom is 0.334 e. The van der Waals surface area contributed by atoms with Gasteiger partial charge < -0.3 is 15.5 Å². The minimum atomic E-state index is -0.312. The van der Waals surface area contributed by atoms with E-state index in [9.17, 15) is 9.59 Å². The molecule has 0 bridgehead atoms. The molecule has 174 valence electrons. The molecule has 3 aromatic heterocycles. The number of rotatable bonds is 5. The number of hydrogen-bond donors (Lipinski definition) is 2. The van der Waals surface area contributed by atoms with E-state index in [4.69, 9.17) is 0 Å². The predicted molar refractivity (Wildman–Crippen MR) is 133 cm³/mol. The van der Waals surface area contributed by atoms with Gasteiger partial charge in [0.25, 0.3) is 5.91 Å². The first-order valence-electron chi connectivity index (χ1n) is 11.5. The summed E-state index contributed by atoms with van der Waals surface area (Å²) in [5.41, 5.74) is 4.42. The van der Waals surface area contributed by atoms with Crippen molar-refractivity contribution in [3.05, 3.63) is 63.1 Å². The van der Waals surface area contributed by atoms with Gasteiger partial charge in [-0.2, -0.15) is 0 Å². The molecule has 1 aliphatic heterocycles. The van der Waals surface area contributed by atoms with Crippen molar-refractivity contribution in [1.29, 1.82) is 0 Å². The second-order valence-corrected chi connectivity index (χ2v) is 9.62. The minimum Gasteiger partial charge on any atom is -0.367 e. The van der Waals surface area contributed by atoms with Crippen molar-refractivity contribution in [3.63, 3.8) is 0 Å². The van der Waals surface area contributed by atoms with Crippen LogP contribution < -0.4 is 21.2 Å². The Bertz CT molecular complexity index is 1440. The van der Waals surface area contributed by atoms with Gasteiger partial charge in [0, 0.05) is 44.8 Å². The number of thiazole rings is 1. The Morgan fingerprint density at radius 2 is 2.03 bits per heavy atom. The number of carbonyl (C=O) groups is 1. The van der Waals surface area contributed by atoms with Crippen LogP contribution in [0.4, 0.5) is 11.4 Å². The molecule has 0 atom stereocenters. The lowest BCUT2D eigenvalue weighted by molar-refractivity contribution is 0.102. The van der Waals surface area contributed by atoms with Gasteiger partial charge in [-0.1, -0.05) is 12.1 Å². The highest BCUT2D eigenvalue weighted by atomic mass is 32.1. The summed E-state index contributed by atoms with van der Waals surface area (Å²) in [4.78, 5) is 37.2. The molecule has 0 unspecified atom stereocenters. The van der Waals surface area contributed by atoms with Crippen LogP contribution >= 0.6 is 11.3 Å². The molecule has 4 heterocycles. The molecule has 1 aliphatic carbocycles. The fourth-order valence-electron chi connectivity index (χ4n) is 4.70. The van der Waals surface area contributed by atoms with Crippen molar-refractivity contribution < 1.29 is 4.79 Å². The van der Waals surface area contributed by atoms with Crippen molar-refractivity contribution in [3.8, 4) is 5.82 Å². The van der Waals surface area contributed by atoms with Crippen molar-refractivity contribution in [2.45, 2.75) is 18.8 Å². The van der Waals surface area contributed by atoms with Crippen molar-refractivity contribution in [1.82, 2.24) is 24.4 Å². The molecule has 6 rings (SSSR count). The number of para-hydroxylation sites is 1. The van der Waals surface area contributed by atoms with E-state index < -0.39 is 0 Å². The summed E-state index contributed by atoms with van der Waals surface area (Å²) in [6.07, 6.45) is 5.71. The maximum absolute atomic E-state index is 13.1. The third-order valence-corrected chi connectivity index (χ3v) is 7.37. The van der Waals surface area contributed by atoms with Crippen LogP contribution in [0.1, 0.15) is 34.1 Å². The molecule has 9 nitrogen and oxygen atoms in total. The zero-order valence-corrected chi connectivity index (χ0v) is 19.6. The molecule has 34 heavy (non-hydrogen) atoms. The highest BCUT2D eigenvalue weighted by Crippen LogP contribution is 2.43. The molecule has 1 saturated heterocycles. The number of amides is 1. The molecule has 0 spiro atoms. The number of carbonyl (C=O) groups excluding carboxylic acids is 1. The molecule has 2 N–H and O–H groups in total. The van der Waals surface area contributed by atoms with E-state index >= 15 is 0 Å². The van der Waals surface area contributed by atoms with E-state index in [0.717, 1.165) is 55.7 Å². The third kappa shape index (κ3) is 3.59. The third-order valence-electron chi connectivity index (χ3n) is 6.54. The number of anilines is 2. The lowest BCUT2D eigenvalue weighted by Gasteiger charge is -2.30. The molecular formula is C24H25N7O2S. The Morgan fingerprint density at radius 1 is 1.21 bits per heavy atom. The van der Waals surface area contributed by atoms with Crippen LogP contribution in [0, 0.1) is 0 Å². The fourth-order valence-corrected chi connectivity index (χ4v) is 5.38. The second-order valence-electron chi connectivity index (χ2n) is 8.76. The van der Waals surface area contributed by atoms with E-state index in [1.54, 1.807) is 34.0 Å². The maximum atomic E-state index is 13.1. The molecule has 1 amide bonds. The van der Waals surface area contributed by atoms with Gasteiger partial charge in [-0.3, -0.25) is 14.3 Å². The molecule has 2 fully saturated rings. The van der Waals surface area contributed by atoms with Gasteiger partial charge in [-0.15, -0.1) is 11.3 Å². The van der Waals surface area contributed by atoms with Crippen molar-refractivity contribution in [2.24, 2.45) is 7.05 Å². The summed E-state index contributed by atoms with van der Waals surface area (Å²) in [5, 5.41) is 8.37. The summed E-state index contributed by atoms with van der Waals surface area (Å²) in [5.74, 6) is 0.672. The van der Waals surface area contributed by atoms with Crippen LogP contribution in [-0.2, 0) is 7.05 Å². The number of piperazine rings is 1. The van der Waals surface area contributed by atoms with E-state index in [0.29, 0.717) is 22.4 Å². The van der Waals surface area contributed by atoms with Crippen LogP contribution in [0.2, 0.25) is 0 Å². The van der Waals surface area contributed by atoms with E-state index in [1.807, 2.05) is 18.2 Å². The number of hydrogen-bond acceptors (Lipinski definition) is 7. The zero-order valence-electron chi connectivity index (χ0n) is 18.8. The van der Waals surface area contributed by atoms with Gasteiger partial charge in [0.1, 0.15) is 0 Å². The van der Waals surface area contributed by atoms with Crippen molar-refractivity contribution >= 4 is 39.7 Å². The van der Waals surface area contributed by atoms with Crippen LogP contribution in [0.15, 0.2) is 46.8 Å². The molecule has 0 radical (unpaired) electrons. The summed E-state index contributed by atoms with van der Waals surface area (Å²) < 4.78 is 3.29. The average Bonchev–Trinajstić information content (AvgIpc) is 3.55. The van der Waals surface area contributed by atoms with Crippen LogP contribution in [0.3, 0.4) is 0 Å². The number of aromatic nitrogens is 4. The smallest absolute Gasteiger partial charge is 0.334 e. The van der Waals surface area contributed by atoms with Crippen molar-refractivity contribution in [2.75, 3.05) is 36.4 Å². The lowest BCUT2D eigenvalue weighted by Crippen LogP contribution is -2.43. The zero-order chi connectivity index (χ0) is 23.2. The monoisotopic (exact) mass is 475 g/mol. The molecule has 1 aromatic carbocycles. The van der Waals surface area contributed by atoms with Gasteiger partial charge >= 0.3 is 5.69 Å². The molecular weight excluding hydrogens is 450 g/mol. The number of nitrogens with one attached hydrogen (secondary N) is 2. The Kier molecular flexibility index (Phi) is 5.19. The molecule has 1 saturated carbocycles. The first-order valence-corrected chi connectivity index (χ1v) is 12.4. The van der Waals surface area contributed by atoms with E-state index in [-0.39, 0.29) is 11.6 Å². The van der Waals surface area contributed by atoms with Crippen LogP contribution in [0.5, 0.6) is 0 Å². The number of nitrogens with zero attached hydrogens (tertiary/aromatic N) is 5. The Balaban J connectivity index is 1.31. The van der Waals surface area contributed by atoms with Gasteiger partial charge in [0.15, 0.2) is 10.8 Å². The highest BCUT2D eigenvalue weighted by molar-refractivity contribution is 7.12. The highest BCUT2D eigenvalue weighted by Gasteiger charge is 2.28. The fraction of sp³-hybridized carbons (Fsp3) is 0.333. The Hall–Kier alpha value is -3.50. The van der Waals surface area contributed by atoms with Gasteiger partial charge in [0.05, 0.1) is 28.6 Å². The quantitative estimate of drug-likeness (QED) is 0.461. The molecule has 10 heteroatoms. The molecule has 4 aromatic rings. The number of benzene rings is 1. The van der Waals surface area contributed by atoms with E-state index in [1.165, 1.54) is 16.9 Å². The SMILES string of the molecule is Cn1c(=O)n(-c2csc(C(=O)Nc3cnccc3N3CCNCC3)n2)c2cccc(C3CC3)c21. The lowest BCUT2D eigenvalue weighted by atomic mass is 10.1. The van der Waals surface area contributed by atoms with Gasteiger partial charge in [-0.05, 0) is 36.5 Å². The summed E-state index contributed by atoms with van der Waals surface area (Å²) >= 11 is 1.23. The molecule has 2 aliphatic rings. The van der Waals surface area contributed by atoms with E-state index in [2.05, 4.69) is 31.6 Å².